The molecule has 0 aromatic rings. The Morgan fingerprint density at radius 2 is 0.453 bits per heavy atom. The van der Waals surface area contributed by atoms with Crippen molar-refractivity contribution in [1.29, 1.82) is 0 Å². The van der Waals surface area contributed by atoms with Gasteiger partial charge in [0, 0.05) is 19.3 Å². The molecule has 0 aromatic carbocycles. The van der Waals surface area contributed by atoms with Crippen LogP contribution in [0.25, 0.3) is 0 Å². The van der Waals surface area contributed by atoms with E-state index < -0.39 is 6.10 Å². The first-order chi connectivity index (χ1) is 37.0. The van der Waals surface area contributed by atoms with Gasteiger partial charge in [-0.15, -0.1) is 0 Å². The van der Waals surface area contributed by atoms with E-state index in [1.54, 1.807) is 0 Å². The molecule has 0 N–H and O–H groups in total. The monoisotopic (exact) mass is 1050 g/mol. The number of allylic oxidation sites excluding steroid dienone is 4. The quantitative estimate of drug-likeness (QED) is 0.0261. The SMILES string of the molecule is CCCC/C=C\CCCCCCCC(=O)OCC(COC(=O)CCCCCCCCCCCCCCCCC/C=C\CCCCCCCCCC)OC(=O)CCCCCCCCCCCCCCCCCCCCC. The molecule has 0 saturated heterocycles. The molecular weight excluding hydrogens is 925 g/mol. The minimum absolute atomic E-state index is 0.0682. The Labute approximate surface area is 468 Å². The van der Waals surface area contributed by atoms with E-state index >= 15 is 0 Å². The van der Waals surface area contributed by atoms with Crippen molar-refractivity contribution >= 4 is 17.9 Å². The van der Waals surface area contributed by atoms with Crippen LogP contribution in [0.2, 0.25) is 0 Å². The van der Waals surface area contributed by atoms with Crippen LogP contribution in [0.5, 0.6) is 0 Å². The number of carbonyl (C=O) groups excluding carboxylic acids is 3. The van der Waals surface area contributed by atoms with Crippen LogP contribution in [0.1, 0.15) is 380 Å². The fraction of sp³-hybridized carbons (Fsp3) is 0.899. The lowest BCUT2D eigenvalue weighted by molar-refractivity contribution is -0.167. The number of esters is 3. The first-order valence-corrected chi connectivity index (χ1v) is 33.8. The second kappa shape index (κ2) is 64.4. The number of unbranched alkanes of at least 4 members (excludes halogenated alkanes) is 48. The van der Waals surface area contributed by atoms with E-state index in [-0.39, 0.29) is 31.1 Å². The molecule has 75 heavy (non-hydrogen) atoms. The average Bonchev–Trinajstić information content (AvgIpc) is 3.41. The Balaban J connectivity index is 4.16. The van der Waals surface area contributed by atoms with E-state index in [0.29, 0.717) is 19.3 Å². The fourth-order valence-electron chi connectivity index (χ4n) is 10.3. The molecule has 442 valence electrons. The highest BCUT2D eigenvalue weighted by Crippen LogP contribution is 2.18. The summed E-state index contributed by atoms with van der Waals surface area (Å²) in [6.07, 6.45) is 77.8. The summed E-state index contributed by atoms with van der Waals surface area (Å²) in [6.45, 7) is 6.67. The average molecular weight is 1060 g/mol. The zero-order valence-electron chi connectivity index (χ0n) is 50.8. The zero-order chi connectivity index (χ0) is 54.3. The van der Waals surface area contributed by atoms with Crippen molar-refractivity contribution in [3.63, 3.8) is 0 Å². The summed E-state index contributed by atoms with van der Waals surface area (Å²) >= 11 is 0. The molecule has 6 heteroatoms. The van der Waals surface area contributed by atoms with Crippen molar-refractivity contribution in [2.45, 2.75) is 386 Å². The molecule has 6 nitrogen and oxygen atoms in total. The second-order valence-electron chi connectivity index (χ2n) is 23.1. The molecule has 0 amide bonds. The van der Waals surface area contributed by atoms with Gasteiger partial charge in [0.15, 0.2) is 6.10 Å². The number of ether oxygens (including phenoxy) is 3. The van der Waals surface area contributed by atoms with E-state index in [0.717, 1.165) is 64.2 Å². The number of carbonyl (C=O) groups is 3. The van der Waals surface area contributed by atoms with Gasteiger partial charge in [0.25, 0.3) is 0 Å². The summed E-state index contributed by atoms with van der Waals surface area (Å²) < 4.78 is 16.9. The third-order valence-corrected chi connectivity index (χ3v) is 15.4. The molecule has 0 aliphatic heterocycles. The Morgan fingerprint density at radius 1 is 0.253 bits per heavy atom. The predicted octanol–water partition coefficient (Wildman–Crippen LogP) is 23.0. The lowest BCUT2D eigenvalue weighted by Crippen LogP contribution is -2.30. The molecule has 0 spiro atoms. The zero-order valence-corrected chi connectivity index (χ0v) is 50.8. The Kier molecular flexibility index (Phi) is 62.6. The standard InChI is InChI=1S/C69H130O6/c1-4-7-10-13-16-19-22-24-26-28-30-31-32-33-34-35-36-37-39-40-42-44-47-50-53-56-59-62-68(71)74-65-66(64-73-67(70)61-58-55-52-49-46-21-18-15-12-9-6-3)75-69(72)63-60-57-54-51-48-45-43-41-38-29-27-25-23-20-17-14-11-8-5-2/h15,18,28,30,66H,4-14,16-17,19-27,29,31-65H2,1-3H3/b18-15-,30-28-. The lowest BCUT2D eigenvalue weighted by Gasteiger charge is -2.18. The highest BCUT2D eigenvalue weighted by molar-refractivity contribution is 5.71. The topological polar surface area (TPSA) is 78.9 Å². The van der Waals surface area contributed by atoms with Gasteiger partial charge in [0.05, 0.1) is 0 Å². The van der Waals surface area contributed by atoms with Crippen LogP contribution in [-0.4, -0.2) is 37.2 Å². The van der Waals surface area contributed by atoms with Crippen molar-refractivity contribution in [1.82, 2.24) is 0 Å². The summed E-state index contributed by atoms with van der Waals surface area (Å²) in [6, 6.07) is 0. The van der Waals surface area contributed by atoms with Crippen LogP contribution in [-0.2, 0) is 28.6 Å². The Bertz CT molecular complexity index is 1210. The van der Waals surface area contributed by atoms with Crippen LogP contribution in [0.3, 0.4) is 0 Å². The molecule has 0 aliphatic rings. The van der Waals surface area contributed by atoms with Crippen molar-refractivity contribution in [2.24, 2.45) is 0 Å². The molecule has 1 atom stereocenters. The molecule has 0 bridgehead atoms. The summed E-state index contributed by atoms with van der Waals surface area (Å²) in [5.74, 6) is -0.850. The van der Waals surface area contributed by atoms with Crippen LogP contribution < -0.4 is 0 Å². The van der Waals surface area contributed by atoms with Crippen LogP contribution in [0, 0.1) is 0 Å². The Morgan fingerprint density at radius 3 is 0.707 bits per heavy atom. The predicted molar refractivity (Wildman–Crippen MR) is 326 cm³/mol. The molecular formula is C69H130O6. The van der Waals surface area contributed by atoms with Gasteiger partial charge < -0.3 is 14.2 Å². The third-order valence-electron chi connectivity index (χ3n) is 15.4. The second-order valence-corrected chi connectivity index (χ2v) is 23.1. The number of hydrogen-bond acceptors (Lipinski definition) is 6. The molecule has 0 radical (unpaired) electrons. The highest BCUT2D eigenvalue weighted by atomic mass is 16.6. The van der Waals surface area contributed by atoms with E-state index in [1.165, 1.54) is 276 Å². The van der Waals surface area contributed by atoms with E-state index in [4.69, 9.17) is 14.2 Å². The molecule has 0 aliphatic carbocycles. The van der Waals surface area contributed by atoms with Gasteiger partial charge in [0.2, 0.25) is 0 Å². The van der Waals surface area contributed by atoms with Crippen molar-refractivity contribution in [3.05, 3.63) is 24.3 Å². The molecule has 1 unspecified atom stereocenters. The van der Waals surface area contributed by atoms with E-state index in [9.17, 15) is 14.4 Å². The van der Waals surface area contributed by atoms with Gasteiger partial charge in [-0.25, -0.2) is 0 Å². The highest BCUT2D eigenvalue weighted by Gasteiger charge is 2.19. The lowest BCUT2D eigenvalue weighted by atomic mass is 10.0. The minimum atomic E-state index is -0.771. The molecule has 0 heterocycles. The molecule has 0 saturated carbocycles. The Hall–Kier alpha value is -2.11. The third kappa shape index (κ3) is 62.6. The van der Waals surface area contributed by atoms with E-state index in [2.05, 4.69) is 45.1 Å². The number of rotatable bonds is 63. The van der Waals surface area contributed by atoms with Crippen LogP contribution >= 0.6 is 0 Å². The normalized spacial score (nSPS) is 12.1. The maximum atomic E-state index is 12.9. The van der Waals surface area contributed by atoms with Crippen molar-refractivity contribution in [2.75, 3.05) is 13.2 Å². The molecule has 0 rings (SSSR count). The van der Waals surface area contributed by atoms with Crippen molar-refractivity contribution in [3.8, 4) is 0 Å². The smallest absolute Gasteiger partial charge is 0.306 e. The van der Waals surface area contributed by atoms with Gasteiger partial charge in [-0.3, -0.25) is 14.4 Å². The van der Waals surface area contributed by atoms with Gasteiger partial charge in [-0.1, -0.05) is 321 Å². The number of hydrogen-bond donors (Lipinski definition) is 0. The van der Waals surface area contributed by atoms with Gasteiger partial charge >= 0.3 is 17.9 Å². The molecule has 0 fully saturated rings. The molecule has 0 aromatic heterocycles. The van der Waals surface area contributed by atoms with Gasteiger partial charge in [-0.2, -0.15) is 0 Å². The first-order valence-electron chi connectivity index (χ1n) is 33.8. The van der Waals surface area contributed by atoms with Crippen LogP contribution in [0.4, 0.5) is 0 Å². The maximum Gasteiger partial charge on any atom is 0.306 e. The van der Waals surface area contributed by atoms with E-state index in [1.807, 2.05) is 0 Å². The maximum absolute atomic E-state index is 12.9. The van der Waals surface area contributed by atoms with Crippen LogP contribution in [0.15, 0.2) is 24.3 Å². The van der Waals surface area contributed by atoms with Gasteiger partial charge in [-0.05, 0) is 64.2 Å². The summed E-state index contributed by atoms with van der Waals surface area (Å²) in [7, 11) is 0. The summed E-state index contributed by atoms with van der Waals surface area (Å²) in [4.78, 5) is 38.3. The summed E-state index contributed by atoms with van der Waals surface area (Å²) in [5.41, 5.74) is 0. The largest absolute Gasteiger partial charge is 0.462 e. The summed E-state index contributed by atoms with van der Waals surface area (Å²) in [5, 5.41) is 0. The van der Waals surface area contributed by atoms with Crippen molar-refractivity contribution < 1.29 is 28.6 Å². The first kappa shape index (κ1) is 72.9. The van der Waals surface area contributed by atoms with Gasteiger partial charge in [0.1, 0.15) is 13.2 Å². The minimum Gasteiger partial charge on any atom is -0.462 e. The fourth-order valence-corrected chi connectivity index (χ4v) is 10.3.